The summed E-state index contributed by atoms with van der Waals surface area (Å²) in [5, 5.41) is 11.6. The number of rotatable bonds is 5. The molecular weight excluding hydrogens is 272 g/mol. The van der Waals surface area contributed by atoms with Gasteiger partial charge in [0.1, 0.15) is 0 Å². The van der Waals surface area contributed by atoms with E-state index >= 15 is 0 Å². The Morgan fingerprint density at radius 1 is 1.33 bits per heavy atom. The zero-order valence-electron chi connectivity index (χ0n) is 12.7. The van der Waals surface area contributed by atoms with Crippen LogP contribution in [-0.4, -0.2) is 45.9 Å². The maximum atomic E-state index is 12.3. The molecule has 1 aliphatic heterocycles. The average Bonchev–Trinajstić information content (AvgIpc) is 2.94. The van der Waals surface area contributed by atoms with Gasteiger partial charge in [-0.2, -0.15) is 0 Å². The molecule has 2 rings (SSSR count). The molecule has 2 N–H and O–H groups in total. The Morgan fingerprint density at radius 2 is 1.95 bits per heavy atom. The fourth-order valence-electron chi connectivity index (χ4n) is 3.33. The van der Waals surface area contributed by atoms with Gasteiger partial charge in [0.2, 0.25) is 11.8 Å². The average molecular weight is 296 g/mol. The molecule has 2 amide bonds. The van der Waals surface area contributed by atoms with Crippen LogP contribution in [0.4, 0.5) is 0 Å². The van der Waals surface area contributed by atoms with E-state index in [2.05, 4.69) is 5.32 Å². The van der Waals surface area contributed by atoms with Gasteiger partial charge in [0.15, 0.2) is 0 Å². The standard InChI is InChI=1S/C15H24N2O4/c1-15(2,8-13(19)20)16-14(21)10-7-12(18)17(9-10)11-5-3-4-6-11/h10-11H,3-9H2,1-2H3,(H,16,21)(H,19,20). The minimum Gasteiger partial charge on any atom is -0.481 e. The number of nitrogens with one attached hydrogen (secondary N) is 1. The van der Waals surface area contributed by atoms with Crippen molar-refractivity contribution in [3.63, 3.8) is 0 Å². The lowest BCUT2D eigenvalue weighted by atomic mass is 9.98. The molecule has 1 saturated carbocycles. The maximum Gasteiger partial charge on any atom is 0.305 e. The molecule has 1 unspecified atom stereocenters. The molecule has 118 valence electrons. The van der Waals surface area contributed by atoms with Gasteiger partial charge in [0, 0.05) is 24.5 Å². The Morgan fingerprint density at radius 3 is 2.52 bits per heavy atom. The molecule has 1 saturated heterocycles. The van der Waals surface area contributed by atoms with Gasteiger partial charge in [0.25, 0.3) is 0 Å². The lowest BCUT2D eigenvalue weighted by molar-refractivity contribution is -0.139. The molecule has 0 spiro atoms. The van der Waals surface area contributed by atoms with E-state index in [1.165, 1.54) is 0 Å². The van der Waals surface area contributed by atoms with Crippen molar-refractivity contribution >= 4 is 17.8 Å². The summed E-state index contributed by atoms with van der Waals surface area (Å²) in [6, 6.07) is 0.294. The summed E-state index contributed by atoms with van der Waals surface area (Å²) in [5.74, 6) is -1.46. The molecule has 0 aromatic heterocycles. The molecule has 1 atom stereocenters. The molecule has 21 heavy (non-hydrogen) atoms. The largest absolute Gasteiger partial charge is 0.481 e. The summed E-state index contributed by atoms with van der Waals surface area (Å²) >= 11 is 0. The normalized spacial score (nSPS) is 23.6. The smallest absolute Gasteiger partial charge is 0.305 e. The van der Waals surface area contributed by atoms with Crippen LogP contribution in [0.25, 0.3) is 0 Å². The molecule has 0 bridgehead atoms. The van der Waals surface area contributed by atoms with Crippen LogP contribution in [-0.2, 0) is 14.4 Å². The van der Waals surface area contributed by atoms with Crippen LogP contribution in [0.2, 0.25) is 0 Å². The van der Waals surface area contributed by atoms with E-state index < -0.39 is 11.5 Å². The van der Waals surface area contributed by atoms with E-state index in [4.69, 9.17) is 5.11 Å². The maximum absolute atomic E-state index is 12.3. The van der Waals surface area contributed by atoms with Crippen LogP contribution in [0, 0.1) is 5.92 Å². The first-order chi connectivity index (χ1) is 9.78. The predicted octanol–water partition coefficient (Wildman–Crippen LogP) is 1.15. The molecule has 1 heterocycles. The highest BCUT2D eigenvalue weighted by Crippen LogP contribution is 2.29. The van der Waals surface area contributed by atoms with Crippen molar-refractivity contribution in [3.05, 3.63) is 0 Å². The van der Waals surface area contributed by atoms with Crippen molar-refractivity contribution in [2.75, 3.05) is 6.54 Å². The molecular formula is C15H24N2O4. The first-order valence-corrected chi connectivity index (χ1v) is 7.62. The van der Waals surface area contributed by atoms with Gasteiger partial charge in [-0.1, -0.05) is 12.8 Å². The SMILES string of the molecule is CC(C)(CC(=O)O)NC(=O)C1CC(=O)N(C2CCCC2)C1. The van der Waals surface area contributed by atoms with E-state index in [1.54, 1.807) is 13.8 Å². The van der Waals surface area contributed by atoms with Crippen molar-refractivity contribution in [2.24, 2.45) is 5.92 Å². The van der Waals surface area contributed by atoms with Gasteiger partial charge >= 0.3 is 5.97 Å². The van der Waals surface area contributed by atoms with Crippen LogP contribution in [0.15, 0.2) is 0 Å². The third-order valence-electron chi connectivity index (χ3n) is 4.35. The third kappa shape index (κ3) is 3.95. The highest BCUT2D eigenvalue weighted by atomic mass is 16.4. The lowest BCUT2D eigenvalue weighted by Gasteiger charge is -2.27. The first-order valence-electron chi connectivity index (χ1n) is 7.62. The van der Waals surface area contributed by atoms with Crippen molar-refractivity contribution in [1.29, 1.82) is 0 Å². The fraction of sp³-hybridized carbons (Fsp3) is 0.800. The summed E-state index contributed by atoms with van der Waals surface area (Å²) in [4.78, 5) is 37.0. The van der Waals surface area contributed by atoms with Gasteiger partial charge in [-0.05, 0) is 26.7 Å². The number of nitrogens with zero attached hydrogens (tertiary/aromatic N) is 1. The number of hydrogen-bond acceptors (Lipinski definition) is 3. The monoisotopic (exact) mass is 296 g/mol. The van der Waals surface area contributed by atoms with Crippen molar-refractivity contribution in [3.8, 4) is 0 Å². The number of likely N-dealkylation sites (tertiary alicyclic amines) is 1. The van der Waals surface area contributed by atoms with Crippen molar-refractivity contribution in [1.82, 2.24) is 10.2 Å². The molecule has 6 nitrogen and oxygen atoms in total. The summed E-state index contributed by atoms with van der Waals surface area (Å²) in [7, 11) is 0. The molecule has 0 aromatic carbocycles. The zero-order chi connectivity index (χ0) is 15.6. The number of carboxylic acids is 1. The van der Waals surface area contributed by atoms with E-state index in [1.807, 2.05) is 4.90 Å². The minimum absolute atomic E-state index is 0.0538. The Bertz CT molecular complexity index is 441. The number of carbonyl (C=O) groups excluding carboxylic acids is 2. The van der Waals surface area contributed by atoms with Gasteiger partial charge in [-0.3, -0.25) is 14.4 Å². The molecule has 2 fully saturated rings. The van der Waals surface area contributed by atoms with E-state index in [0.717, 1.165) is 25.7 Å². The van der Waals surface area contributed by atoms with Crippen LogP contribution in [0.1, 0.15) is 52.4 Å². The van der Waals surface area contributed by atoms with Gasteiger partial charge < -0.3 is 15.3 Å². The summed E-state index contributed by atoms with van der Waals surface area (Å²) in [6.07, 6.45) is 4.47. The molecule has 6 heteroatoms. The van der Waals surface area contributed by atoms with Crippen LogP contribution >= 0.6 is 0 Å². The minimum atomic E-state index is -0.949. The summed E-state index contributed by atoms with van der Waals surface area (Å²) in [6.45, 7) is 3.84. The second-order valence-electron chi connectivity index (χ2n) is 6.83. The molecule has 0 radical (unpaired) electrons. The van der Waals surface area contributed by atoms with Crippen LogP contribution in [0.3, 0.4) is 0 Å². The molecule has 1 aliphatic carbocycles. The van der Waals surface area contributed by atoms with Crippen molar-refractivity contribution < 1.29 is 19.5 Å². The number of aliphatic carboxylic acids is 1. The quantitative estimate of drug-likeness (QED) is 0.796. The Labute approximate surface area is 124 Å². The lowest BCUT2D eigenvalue weighted by Crippen LogP contribution is -2.48. The zero-order valence-corrected chi connectivity index (χ0v) is 12.7. The highest BCUT2D eigenvalue weighted by Gasteiger charge is 2.39. The van der Waals surface area contributed by atoms with E-state index in [-0.39, 0.29) is 30.6 Å². The highest BCUT2D eigenvalue weighted by molar-refractivity contribution is 5.90. The summed E-state index contributed by atoms with van der Waals surface area (Å²) in [5.41, 5.74) is -0.799. The van der Waals surface area contributed by atoms with Crippen LogP contribution < -0.4 is 5.32 Å². The number of amides is 2. The third-order valence-corrected chi connectivity index (χ3v) is 4.35. The first kappa shape index (κ1) is 15.8. The Hall–Kier alpha value is -1.59. The number of carbonyl (C=O) groups is 3. The number of hydrogen-bond donors (Lipinski definition) is 2. The van der Waals surface area contributed by atoms with Gasteiger partial charge in [-0.25, -0.2) is 0 Å². The topological polar surface area (TPSA) is 86.7 Å². The number of carboxylic acid groups (broad SMARTS) is 1. The summed E-state index contributed by atoms with van der Waals surface area (Å²) < 4.78 is 0. The van der Waals surface area contributed by atoms with E-state index in [0.29, 0.717) is 12.6 Å². The Balaban J connectivity index is 1.92. The van der Waals surface area contributed by atoms with Crippen molar-refractivity contribution in [2.45, 2.75) is 64.0 Å². The second kappa shape index (κ2) is 6.03. The van der Waals surface area contributed by atoms with E-state index in [9.17, 15) is 14.4 Å². The Kier molecular flexibility index (Phi) is 4.54. The van der Waals surface area contributed by atoms with Gasteiger partial charge in [-0.15, -0.1) is 0 Å². The van der Waals surface area contributed by atoms with Gasteiger partial charge in [0.05, 0.1) is 12.3 Å². The second-order valence-corrected chi connectivity index (χ2v) is 6.83. The fourth-order valence-corrected chi connectivity index (χ4v) is 3.33. The van der Waals surface area contributed by atoms with Crippen LogP contribution in [0.5, 0.6) is 0 Å². The molecule has 0 aromatic rings. The predicted molar refractivity (Wildman–Crippen MR) is 76.6 cm³/mol. The molecule has 2 aliphatic rings.